The van der Waals surface area contributed by atoms with E-state index in [1.54, 1.807) is 6.08 Å². The highest BCUT2D eigenvalue weighted by atomic mass is 35.5. The molecule has 20 heavy (non-hydrogen) atoms. The van der Waals surface area contributed by atoms with Crippen LogP contribution in [0.3, 0.4) is 0 Å². The van der Waals surface area contributed by atoms with Crippen molar-refractivity contribution >= 4 is 17.5 Å². The molecule has 0 fully saturated rings. The van der Waals surface area contributed by atoms with Gasteiger partial charge >= 0.3 is 0 Å². The third kappa shape index (κ3) is 2.23. The SMILES string of the molecule is C=CC[n+]1ccc(-c2cc3c([nH]2)CCNC3=O)cc1Cl. The van der Waals surface area contributed by atoms with E-state index in [2.05, 4.69) is 16.9 Å². The van der Waals surface area contributed by atoms with Gasteiger partial charge in [0.25, 0.3) is 11.1 Å². The summed E-state index contributed by atoms with van der Waals surface area (Å²) in [4.78, 5) is 15.1. The van der Waals surface area contributed by atoms with Crippen molar-refractivity contribution in [3.05, 3.63) is 53.5 Å². The molecule has 1 aliphatic rings. The number of allylic oxidation sites excluding steroid dienone is 1. The molecule has 1 aliphatic heterocycles. The molecule has 2 N–H and O–H groups in total. The van der Waals surface area contributed by atoms with Crippen LogP contribution in [0.2, 0.25) is 5.15 Å². The normalized spacial score (nSPS) is 13.8. The summed E-state index contributed by atoms with van der Waals surface area (Å²) in [5.74, 6) is -0.0162. The lowest BCUT2D eigenvalue weighted by Crippen LogP contribution is -2.33. The van der Waals surface area contributed by atoms with E-state index in [1.807, 2.05) is 29.0 Å². The fraction of sp³-hybridized carbons (Fsp3) is 0.200. The molecule has 4 nitrogen and oxygen atoms in total. The number of hydrogen-bond acceptors (Lipinski definition) is 1. The number of carbonyl (C=O) groups excluding carboxylic acids is 1. The fourth-order valence-electron chi connectivity index (χ4n) is 2.40. The van der Waals surface area contributed by atoms with Gasteiger partial charge in [-0.3, -0.25) is 4.79 Å². The number of aromatic nitrogens is 2. The van der Waals surface area contributed by atoms with Crippen LogP contribution in [0.1, 0.15) is 16.1 Å². The first-order chi connectivity index (χ1) is 9.69. The number of rotatable bonds is 3. The van der Waals surface area contributed by atoms with E-state index >= 15 is 0 Å². The Labute approximate surface area is 122 Å². The Morgan fingerprint density at radius 3 is 3.00 bits per heavy atom. The van der Waals surface area contributed by atoms with Gasteiger partial charge in [0, 0.05) is 42.0 Å². The highest BCUT2D eigenvalue weighted by Crippen LogP contribution is 2.24. The quantitative estimate of drug-likeness (QED) is 0.507. The minimum absolute atomic E-state index is 0.0162. The van der Waals surface area contributed by atoms with Crippen LogP contribution in [0.15, 0.2) is 37.1 Å². The molecule has 0 atom stereocenters. The predicted octanol–water partition coefficient (Wildman–Crippen LogP) is 2.09. The van der Waals surface area contributed by atoms with Gasteiger partial charge in [0.2, 0.25) is 0 Å². The maximum atomic E-state index is 11.8. The Morgan fingerprint density at radius 2 is 2.30 bits per heavy atom. The van der Waals surface area contributed by atoms with E-state index < -0.39 is 0 Å². The average Bonchev–Trinajstić information content (AvgIpc) is 2.87. The molecule has 2 aromatic heterocycles. The Hall–Kier alpha value is -2.07. The van der Waals surface area contributed by atoms with E-state index in [-0.39, 0.29) is 5.91 Å². The van der Waals surface area contributed by atoms with Gasteiger partial charge in [-0.2, -0.15) is 4.57 Å². The van der Waals surface area contributed by atoms with Crippen LogP contribution in [-0.4, -0.2) is 17.4 Å². The van der Waals surface area contributed by atoms with Crippen molar-refractivity contribution in [1.82, 2.24) is 10.3 Å². The Balaban J connectivity index is 1.99. The first kappa shape index (κ1) is 12.9. The fourth-order valence-corrected chi connectivity index (χ4v) is 2.65. The lowest BCUT2D eigenvalue weighted by molar-refractivity contribution is -0.684. The minimum Gasteiger partial charge on any atom is -0.358 e. The van der Waals surface area contributed by atoms with Gasteiger partial charge in [0.15, 0.2) is 12.7 Å². The zero-order valence-corrected chi connectivity index (χ0v) is 11.7. The number of halogens is 1. The molecule has 0 saturated heterocycles. The molecule has 0 saturated carbocycles. The van der Waals surface area contributed by atoms with Gasteiger partial charge in [-0.25, -0.2) is 0 Å². The summed E-state index contributed by atoms with van der Waals surface area (Å²) >= 11 is 6.24. The molecule has 0 spiro atoms. The molecule has 5 heteroatoms. The highest BCUT2D eigenvalue weighted by molar-refractivity contribution is 6.28. The second kappa shape index (κ2) is 5.13. The van der Waals surface area contributed by atoms with Crippen molar-refractivity contribution in [2.75, 3.05) is 6.54 Å². The minimum atomic E-state index is -0.0162. The predicted molar refractivity (Wildman–Crippen MR) is 77.7 cm³/mol. The molecule has 3 rings (SSSR count). The van der Waals surface area contributed by atoms with Gasteiger partial charge in [-0.1, -0.05) is 6.58 Å². The number of nitrogens with one attached hydrogen (secondary N) is 2. The number of hydrogen-bond donors (Lipinski definition) is 2. The van der Waals surface area contributed by atoms with Crippen molar-refractivity contribution in [2.45, 2.75) is 13.0 Å². The van der Waals surface area contributed by atoms with E-state index in [9.17, 15) is 4.79 Å². The Kier molecular flexibility index (Phi) is 3.32. The first-order valence-corrected chi connectivity index (χ1v) is 6.87. The molecule has 0 bridgehead atoms. The van der Waals surface area contributed by atoms with Gasteiger partial charge < -0.3 is 10.3 Å². The standard InChI is InChI=1S/C15H14ClN3O/c1-2-6-19-7-4-10(8-14(19)16)13-9-11-12(18-13)3-5-17-15(11)20/h2,4,7-9H,1,3,5-6H2,(H,17,20)/p+1. The molecule has 0 aliphatic carbocycles. The summed E-state index contributed by atoms with van der Waals surface area (Å²) in [6.07, 6.45) is 4.54. The average molecular weight is 289 g/mol. The van der Waals surface area contributed by atoms with Crippen LogP contribution >= 0.6 is 11.6 Å². The lowest BCUT2D eigenvalue weighted by atomic mass is 10.1. The van der Waals surface area contributed by atoms with Crippen molar-refractivity contribution in [3.8, 4) is 11.3 Å². The third-order valence-electron chi connectivity index (χ3n) is 3.42. The van der Waals surface area contributed by atoms with E-state index in [1.165, 1.54) is 0 Å². The largest absolute Gasteiger partial charge is 0.358 e. The second-order valence-corrected chi connectivity index (χ2v) is 5.15. The smallest absolute Gasteiger partial charge is 0.275 e. The van der Waals surface area contributed by atoms with Crippen LogP contribution in [0, 0.1) is 0 Å². The molecule has 0 aromatic carbocycles. The van der Waals surface area contributed by atoms with Crippen molar-refractivity contribution in [1.29, 1.82) is 0 Å². The number of nitrogens with zero attached hydrogens (tertiary/aromatic N) is 1. The maximum absolute atomic E-state index is 11.8. The number of fused-ring (bicyclic) bond motifs is 1. The molecule has 2 aromatic rings. The van der Waals surface area contributed by atoms with Crippen molar-refractivity contribution < 1.29 is 9.36 Å². The summed E-state index contributed by atoms with van der Waals surface area (Å²) in [5.41, 5.74) is 3.60. The summed E-state index contributed by atoms with van der Waals surface area (Å²) in [6.45, 7) is 5.05. The van der Waals surface area contributed by atoms with Gasteiger partial charge in [0.05, 0.1) is 5.56 Å². The summed E-state index contributed by atoms with van der Waals surface area (Å²) in [6, 6.07) is 5.75. The van der Waals surface area contributed by atoms with Crippen LogP contribution < -0.4 is 9.88 Å². The molecular weight excluding hydrogens is 274 g/mol. The number of aromatic amines is 1. The first-order valence-electron chi connectivity index (χ1n) is 6.49. The molecule has 0 unspecified atom stereocenters. The maximum Gasteiger partial charge on any atom is 0.275 e. The van der Waals surface area contributed by atoms with E-state index in [0.717, 1.165) is 28.9 Å². The topological polar surface area (TPSA) is 48.8 Å². The molecular formula is C15H15ClN3O+. The Bertz CT molecular complexity index is 690. The molecule has 3 heterocycles. The van der Waals surface area contributed by atoms with Gasteiger partial charge in [-0.05, 0) is 23.7 Å². The number of pyridine rings is 1. The van der Waals surface area contributed by atoms with Crippen molar-refractivity contribution in [3.63, 3.8) is 0 Å². The second-order valence-electron chi connectivity index (χ2n) is 4.76. The van der Waals surface area contributed by atoms with Crippen LogP contribution in [0.4, 0.5) is 0 Å². The number of H-pyrrole nitrogens is 1. The van der Waals surface area contributed by atoms with Crippen LogP contribution in [-0.2, 0) is 13.0 Å². The molecule has 0 radical (unpaired) electrons. The van der Waals surface area contributed by atoms with Gasteiger partial charge in [-0.15, -0.1) is 0 Å². The molecule has 102 valence electrons. The monoisotopic (exact) mass is 288 g/mol. The van der Waals surface area contributed by atoms with Crippen LogP contribution in [0.5, 0.6) is 0 Å². The summed E-state index contributed by atoms with van der Waals surface area (Å²) in [7, 11) is 0. The zero-order valence-electron chi connectivity index (χ0n) is 10.9. The summed E-state index contributed by atoms with van der Waals surface area (Å²) in [5, 5.41) is 3.48. The lowest BCUT2D eigenvalue weighted by Gasteiger charge is -2.10. The van der Waals surface area contributed by atoms with Crippen molar-refractivity contribution in [2.24, 2.45) is 0 Å². The van der Waals surface area contributed by atoms with Gasteiger partial charge in [0.1, 0.15) is 0 Å². The summed E-state index contributed by atoms with van der Waals surface area (Å²) < 4.78 is 1.90. The number of amides is 1. The third-order valence-corrected chi connectivity index (χ3v) is 3.75. The van der Waals surface area contributed by atoms with E-state index in [0.29, 0.717) is 18.2 Å². The zero-order chi connectivity index (χ0) is 14.1. The highest BCUT2D eigenvalue weighted by Gasteiger charge is 2.20. The number of carbonyl (C=O) groups is 1. The van der Waals surface area contributed by atoms with Crippen LogP contribution in [0.25, 0.3) is 11.3 Å². The van der Waals surface area contributed by atoms with E-state index in [4.69, 9.17) is 11.6 Å². The molecule has 1 amide bonds. The Morgan fingerprint density at radius 1 is 1.45 bits per heavy atom.